The van der Waals surface area contributed by atoms with Gasteiger partial charge in [-0.2, -0.15) is 13.2 Å². The molecule has 1 saturated heterocycles. The summed E-state index contributed by atoms with van der Waals surface area (Å²) < 4.78 is 42.5. The van der Waals surface area contributed by atoms with Crippen molar-refractivity contribution in [1.82, 2.24) is 0 Å². The van der Waals surface area contributed by atoms with Crippen molar-refractivity contribution >= 4 is 12.4 Å². The number of alkyl halides is 3. The summed E-state index contributed by atoms with van der Waals surface area (Å²) in [7, 11) is 0. The molecule has 2 nitrogen and oxygen atoms in total. The topological polar surface area (TPSA) is 35.2 Å². The van der Waals surface area contributed by atoms with Gasteiger partial charge < -0.3 is 10.5 Å². The van der Waals surface area contributed by atoms with E-state index in [1.54, 1.807) is 0 Å². The molecule has 2 rings (SSSR count). The van der Waals surface area contributed by atoms with Crippen LogP contribution in [0.25, 0.3) is 0 Å². The maximum atomic E-state index is 12.4. The first kappa shape index (κ1) is 16.3. The van der Waals surface area contributed by atoms with E-state index in [1.165, 1.54) is 12.1 Å². The molecule has 0 saturated carbocycles. The first-order valence-corrected chi connectivity index (χ1v) is 5.92. The normalized spacial score (nSPS) is 18.7. The van der Waals surface area contributed by atoms with Gasteiger partial charge >= 0.3 is 6.18 Å². The van der Waals surface area contributed by atoms with Crippen molar-refractivity contribution < 1.29 is 17.9 Å². The molecule has 108 valence electrons. The van der Waals surface area contributed by atoms with Crippen LogP contribution in [0.15, 0.2) is 24.3 Å². The molecule has 1 aromatic carbocycles. The van der Waals surface area contributed by atoms with Crippen LogP contribution in [0.2, 0.25) is 0 Å². The third kappa shape index (κ3) is 4.37. The van der Waals surface area contributed by atoms with Crippen LogP contribution in [0.4, 0.5) is 13.2 Å². The molecule has 0 radical (unpaired) electrons. The Kier molecular flexibility index (Phi) is 5.24. The number of rotatable bonds is 2. The van der Waals surface area contributed by atoms with Crippen LogP contribution in [-0.4, -0.2) is 18.8 Å². The fourth-order valence-corrected chi connectivity index (χ4v) is 2.17. The van der Waals surface area contributed by atoms with Crippen LogP contribution in [0.1, 0.15) is 24.0 Å². The SMILES string of the molecule is Cl.NC1(Cc2ccc(C(F)(F)F)cc2)CCOCC1. The Morgan fingerprint density at radius 1 is 1.11 bits per heavy atom. The molecule has 1 aromatic rings. The predicted molar refractivity (Wildman–Crippen MR) is 69.4 cm³/mol. The first-order valence-electron chi connectivity index (χ1n) is 5.92. The van der Waals surface area contributed by atoms with Crippen molar-refractivity contribution in [2.24, 2.45) is 5.73 Å². The molecular formula is C13H17ClF3NO. The largest absolute Gasteiger partial charge is 0.416 e. The second-order valence-corrected chi connectivity index (χ2v) is 4.85. The number of hydrogen-bond donors (Lipinski definition) is 1. The maximum Gasteiger partial charge on any atom is 0.416 e. The van der Waals surface area contributed by atoms with Gasteiger partial charge in [0.15, 0.2) is 0 Å². The van der Waals surface area contributed by atoms with Gasteiger partial charge in [-0.05, 0) is 37.0 Å². The summed E-state index contributed by atoms with van der Waals surface area (Å²) in [5.41, 5.74) is 6.08. The zero-order chi connectivity index (χ0) is 13.2. The molecule has 0 amide bonds. The molecule has 0 atom stereocenters. The molecule has 0 aromatic heterocycles. The third-order valence-corrected chi connectivity index (χ3v) is 3.33. The number of ether oxygens (including phenoxy) is 1. The summed E-state index contributed by atoms with van der Waals surface area (Å²) in [5.74, 6) is 0. The van der Waals surface area contributed by atoms with Crippen molar-refractivity contribution in [1.29, 1.82) is 0 Å². The molecule has 19 heavy (non-hydrogen) atoms. The lowest BCUT2D eigenvalue weighted by Crippen LogP contribution is -2.46. The average Bonchev–Trinajstić information content (AvgIpc) is 2.29. The van der Waals surface area contributed by atoms with E-state index in [0.29, 0.717) is 19.6 Å². The van der Waals surface area contributed by atoms with E-state index in [2.05, 4.69) is 0 Å². The minimum Gasteiger partial charge on any atom is -0.381 e. The van der Waals surface area contributed by atoms with E-state index < -0.39 is 11.7 Å². The maximum absolute atomic E-state index is 12.4. The van der Waals surface area contributed by atoms with Crippen molar-refractivity contribution in [3.63, 3.8) is 0 Å². The second kappa shape index (κ2) is 6.11. The summed E-state index contributed by atoms with van der Waals surface area (Å²) >= 11 is 0. The van der Waals surface area contributed by atoms with Gasteiger partial charge in [-0.3, -0.25) is 0 Å². The average molecular weight is 296 g/mol. The summed E-state index contributed by atoms with van der Waals surface area (Å²) in [5, 5.41) is 0. The number of nitrogens with two attached hydrogens (primary N) is 1. The Morgan fingerprint density at radius 2 is 1.63 bits per heavy atom. The lowest BCUT2D eigenvalue weighted by atomic mass is 9.85. The molecule has 0 unspecified atom stereocenters. The molecule has 1 aliphatic rings. The minimum absolute atomic E-state index is 0. The molecule has 2 N–H and O–H groups in total. The van der Waals surface area contributed by atoms with Crippen LogP contribution < -0.4 is 5.73 Å². The van der Waals surface area contributed by atoms with E-state index in [1.807, 2.05) is 0 Å². The lowest BCUT2D eigenvalue weighted by molar-refractivity contribution is -0.137. The highest BCUT2D eigenvalue weighted by molar-refractivity contribution is 5.85. The highest BCUT2D eigenvalue weighted by Crippen LogP contribution is 2.30. The standard InChI is InChI=1S/C13H16F3NO.ClH/c14-13(15,16)11-3-1-10(2-4-11)9-12(17)5-7-18-8-6-12;/h1-4H,5-9,17H2;1H. The first-order chi connectivity index (χ1) is 8.39. The fraction of sp³-hybridized carbons (Fsp3) is 0.538. The van der Waals surface area contributed by atoms with E-state index in [-0.39, 0.29) is 17.9 Å². The van der Waals surface area contributed by atoms with Crippen molar-refractivity contribution in [3.8, 4) is 0 Å². The highest BCUT2D eigenvalue weighted by atomic mass is 35.5. The van der Waals surface area contributed by atoms with Crippen molar-refractivity contribution in [2.45, 2.75) is 31.0 Å². The van der Waals surface area contributed by atoms with E-state index in [4.69, 9.17) is 10.5 Å². The lowest BCUT2D eigenvalue weighted by Gasteiger charge is -2.33. The Balaban J connectivity index is 0.00000180. The zero-order valence-corrected chi connectivity index (χ0v) is 11.2. The molecule has 0 bridgehead atoms. The third-order valence-electron chi connectivity index (χ3n) is 3.33. The Labute approximate surface area is 116 Å². The zero-order valence-electron chi connectivity index (χ0n) is 10.4. The van der Waals surface area contributed by atoms with Crippen molar-refractivity contribution in [3.05, 3.63) is 35.4 Å². The van der Waals surface area contributed by atoms with E-state index in [9.17, 15) is 13.2 Å². The minimum atomic E-state index is -4.28. The van der Waals surface area contributed by atoms with E-state index >= 15 is 0 Å². The van der Waals surface area contributed by atoms with Gasteiger partial charge in [0.05, 0.1) is 5.56 Å². The van der Waals surface area contributed by atoms with Crippen LogP contribution in [0.5, 0.6) is 0 Å². The molecular weight excluding hydrogens is 279 g/mol. The van der Waals surface area contributed by atoms with Gasteiger partial charge in [-0.15, -0.1) is 12.4 Å². The summed E-state index contributed by atoms with van der Waals surface area (Å²) in [4.78, 5) is 0. The molecule has 6 heteroatoms. The van der Waals surface area contributed by atoms with Crippen LogP contribution in [0.3, 0.4) is 0 Å². The second-order valence-electron chi connectivity index (χ2n) is 4.85. The van der Waals surface area contributed by atoms with Gasteiger partial charge in [0.25, 0.3) is 0 Å². The number of benzene rings is 1. The van der Waals surface area contributed by atoms with Gasteiger partial charge in [0, 0.05) is 18.8 Å². The monoisotopic (exact) mass is 295 g/mol. The van der Waals surface area contributed by atoms with E-state index in [0.717, 1.165) is 30.5 Å². The Morgan fingerprint density at radius 3 is 2.11 bits per heavy atom. The quantitative estimate of drug-likeness (QED) is 0.909. The predicted octanol–water partition coefficient (Wildman–Crippen LogP) is 3.18. The number of hydrogen-bond acceptors (Lipinski definition) is 2. The molecule has 1 fully saturated rings. The van der Waals surface area contributed by atoms with Crippen LogP contribution in [-0.2, 0) is 17.3 Å². The van der Waals surface area contributed by atoms with Gasteiger partial charge in [-0.1, -0.05) is 12.1 Å². The van der Waals surface area contributed by atoms with Crippen molar-refractivity contribution in [2.75, 3.05) is 13.2 Å². The molecule has 1 heterocycles. The van der Waals surface area contributed by atoms with Gasteiger partial charge in [0.1, 0.15) is 0 Å². The summed E-state index contributed by atoms with van der Waals surface area (Å²) in [6.45, 7) is 1.24. The Hall–Kier alpha value is -0.780. The summed E-state index contributed by atoms with van der Waals surface area (Å²) in [6.07, 6.45) is -2.20. The Bertz CT molecular complexity index is 399. The molecule has 1 aliphatic heterocycles. The summed E-state index contributed by atoms with van der Waals surface area (Å²) in [6, 6.07) is 5.23. The van der Waals surface area contributed by atoms with Crippen LogP contribution >= 0.6 is 12.4 Å². The number of halogens is 4. The molecule has 0 aliphatic carbocycles. The van der Waals surface area contributed by atoms with Gasteiger partial charge in [0.2, 0.25) is 0 Å². The molecule has 0 spiro atoms. The van der Waals surface area contributed by atoms with Crippen LogP contribution in [0, 0.1) is 0 Å². The van der Waals surface area contributed by atoms with Gasteiger partial charge in [-0.25, -0.2) is 0 Å². The smallest absolute Gasteiger partial charge is 0.381 e. The fourth-order valence-electron chi connectivity index (χ4n) is 2.17. The highest BCUT2D eigenvalue weighted by Gasteiger charge is 2.31.